The van der Waals surface area contributed by atoms with Crippen LogP contribution in [0.4, 0.5) is 5.69 Å². The molecule has 0 radical (unpaired) electrons. The van der Waals surface area contributed by atoms with Gasteiger partial charge < -0.3 is 15.9 Å². The van der Waals surface area contributed by atoms with Crippen LogP contribution in [0.2, 0.25) is 5.02 Å². The summed E-state index contributed by atoms with van der Waals surface area (Å²) in [6.07, 6.45) is 3.07. The van der Waals surface area contributed by atoms with Crippen LogP contribution in [-0.4, -0.2) is 17.5 Å². The second-order valence-electron chi connectivity index (χ2n) is 6.15. The summed E-state index contributed by atoms with van der Waals surface area (Å²) in [4.78, 5) is 23.0. The number of benzene rings is 2. The Morgan fingerprint density at radius 3 is 2.78 bits per heavy atom. The van der Waals surface area contributed by atoms with E-state index in [0.29, 0.717) is 21.7 Å². The molecule has 1 amide bonds. The van der Waals surface area contributed by atoms with Gasteiger partial charge in [0.15, 0.2) is 0 Å². The normalized spacial score (nSPS) is 14.9. The summed E-state index contributed by atoms with van der Waals surface area (Å²) in [6, 6.07) is 12.5. The minimum Gasteiger partial charge on any atom is -0.398 e. The minimum absolute atomic E-state index is 0.496. The van der Waals surface area contributed by atoms with Crippen LogP contribution in [0.5, 0.6) is 0 Å². The van der Waals surface area contributed by atoms with Crippen molar-refractivity contribution in [3.63, 3.8) is 0 Å². The van der Waals surface area contributed by atoms with Crippen molar-refractivity contribution in [2.75, 3.05) is 12.4 Å². The zero-order chi connectivity index (χ0) is 19.6. The molecule has 0 aliphatic heterocycles. The van der Waals surface area contributed by atoms with Crippen LogP contribution in [-0.2, 0) is 9.36 Å². The minimum atomic E-state index is -3.77. The number of anilines is 1. The molecule has 2 unspecified atom stereocenters. The number of nitrogens with two attached hydrogens (primary N) is 1. The van der Waals surface area contributed by atoms with Gasteiger partial charge in [0.1, 0.15) is 5.66 Å². The fourth-order valence-electron chi connectivity index (χ4n) is 2.80. The molecule has 5 nitrogen and oxygen atoms in total. The Kier molecular flexibility index (Phi) is 5.72. The number of hydrogen-bond donors (Lipinski definition) is 3. The van der Waals surface area contributed by atoms with Crippen molar-refractivity contribution in [1.29, 1.82) is 0 Å². The summed E-state index contributed by atoms with van der Waals surface area (Å²) < 4.78 is 13.4. The van der Waals surface area contributed by atoms with Gasteiger partial charge in [0.25, 0.3) is 0 Å². The smallest absolute Gasteiger partial charge is 0.241 e. The van der Waals surface area contributed by atoms with Crippen LogP contribution in [0.15, 0.2) is 54.0 Å². The van der Waals surface area contributed by atoms with Crippen molar-refractivity contribution in [3.8, 4) is 0 Å². The highest BCUT2D eigenvalue weighted by Crippen LogP contribution is 2.54. The first-order valence-corrected chi connectivity index (χ1v) is 11.5. The Labute approximate surface area is 165 Å². The third kappa shape index (κ3) is 4.42. The first-order chi connectivity index (χ1) is 12.8. The summed E-state index contributed by atoms with van der Waals surface area (Å²) in [6.45, 7) is 1.18. The van der Waals surface area contributed by atoms with Gasteiger partial charge in [0.05, 0.1) is 0 Å². The summed E-state index contributed by atoms with van der Waals surface area (Å²) in [7, 11) is -3.77. The van der Waals surface area contributed by atoms with Gasteiger partial charge in [-0.25, -0.2) is 0 Å². The van der Waals surface area contributed by atoms with Crippen molar-refractivity contribution in [2.45, 2.75) is 5.66 Å². The molecule has 2 atom stereocenters. The van der Waals surface area contributed by atoms with Crippen molar-refractivity contribution >= 4 is 58.1 Å². The van der Waals surface area contributed by atoms with Gasteiger partial charge in [-0.3, -0.25) is 9.36 Å². The van der Waals surface area contributed by atoms with Gasteiger partial charge in [-0.2, -0.15) is 0 Å². The second-order valence-corrected chi connectivity index (χ2v) is 9.90. The lowest BCUT2D eigenvalue weighted by molar-refractivity contribution is -0.120. The number of para-hydroxylation sites is 1. The molecule has 0 fully saturated rings. The summed E-state index contributed by atoms with van der Waals surface area (Å²) in [5.41, 5.74) is 6.48. The number of nitrogens with one attached hydrogen (secondary N) is 1. The molecule has 0 saturated heterocycles. The van der Waals surface area contributed by atoms with Crippen LogP contribution >= 0.6 is 30.3 Å². The number of hydrogen-bond acceptors (Lipinski definition) is 4. The number of carbonyl (C=O) groups excluding carboxylic acids is 1. The van der Waals surface area contributed by atoms with Crippen molar-refractivity contribution in [1.82, 2.24) is 5.32 Å². The highest BCUT2D eigenvalue weighted by molar-refractivity contribution is 7.58. The van der Waals surface area contributed by atoms with Gasteiger partial charge in [-0.15, -0.1) is 11.3 Å². The Morgan fingerprint density at radius 1 is 1.33 bits per heavy atom. The molecule has 27 heavy (non-hydrogen) atoms. The molecule has 8 heteroatoms. The number of rotatable bonds is 5. The van der Waals surface area contributed by atoms with Crippen LogP contribution in [0.1, 0.15) is 16.8 Å². The maximum Gasteiger partial charge on any atom is 0.241 e. The largest absolute Gasteiger partial charge is 0.398 e. The highest BCUT2D eigenvalue weighted by Gasteiger charge is 2.36. The Morgan fingerprint density at radius 2 is 2.07 bits per heavy atom. The lowest BCUT2D eigenvalue weighted by Gasteiger charge is -2.18. The van der Waals surface area contributed by atoms with E-state index in [9.17, 15) is 14.3 Å². The quantitative estimate of drug-likeness (QED) is 0.405. The molecule has 1 heterocycles. The lowest BCUT2D eigenvalue weighted by atomic mass is 10.1. The third-order valence-corrected chi connectivity index (χ3v) is 6.76. The molecule has 4 N–H and O–H groups in total. The maximum atomic E-state index is 12.7. The van der Waals surface area contributed by atoms with Gasteiger partial charge >= 0.3 is 0 Å². The standard InChI is InChI=1S/C19H18ClN2O3PS/c1-26(24,25)18(15-11-27-17-7-6-13(20)10-14(15)17)19(23)22-9-8-12-4-2-3-5-16(12)21/h2-11,18H,21H2,1H3,(H,22,23)(H,24,25). The van der Waals surface area contributed by atoms with Crippen molar-refractivity contribution in [2.24, 2.45) is 0 Å². The van der Waals surface area contributed by atoms with Gasteiger partial charge in [0.2, 0.25) is 13.3 Å². The van der Waals surface area contributed by atoms with E-state index in [2.05, 4.69) is 5.32 Å². The van der Waals surface area contributed by atoms with Gasteiger partial charge in [-0.05, 0) is 52.2 Å². The molecule has 0 bridgehead atoms. The molecular weight excluding hydrogens is 403 g/mol. The second kappa shape index (κ2) is 7.87. The van der Waals surface area contributed by atoms with E-state index in [-0.39, 0.29) is 0 Å². The van der Waals surface area contributed by atoms with E-state index < -0.39 is 18.9 Å². The van der Waals surface area contributed by atoms with E-state index in [1.807, 2.05) is 18.2 Å². The van der Waals surface area contributed by atoms with E-state index >= 15 is 0 Å². The number of thiophene rings is 1. The number of fused-ring (bicyclic) bond motifs is 1. The van der Waals surface area contributed by atoms with E-state index in [4.69, 9.17) is 17.3 Å². The van der Waals surface area contributed by atoms with E-state index in [1.54, 1.807) is 35.7 Å². The highest BCUT2D eigenvalue weighted by atomic mass is 35.5. The molecule has 3 aromatic rings. The SMILES string of the molecule is CP(=O)(O)C(C(=O)NC=Cc1ccccc1N)c1csc2ccc(Cl)cc12. The number of amides is 1. The molecule has 2 aromatic carbocycles. The molecule has 1 aromatic heterocycles. The fraction of sp³-hybridized carbons (Fsp3) is 0.105. The first kappa shape index (κ1) is 19.6. The third-order valence-electron chi connectivity index (χ3n) is 4.07. The average molecular weight is 421 g/mol. The van der Waals surface area contributed by atoms with Gasteiger partial charge in [0, 0.05) is 28.3 Å². The summed E-state index contributed by atoms with van der Waals surface area (Å²) >= 11 is 7.46. The predicted octanol–water partition coefficient (Wildman–Crippen LogP) is 4.87. The molecule has 0 spiro atoms. The van der Waals surface area contributed by atoms with Crippen LogP contribution in [0, 0.1) is 0 Å². The molecule has 0 aliphatic rings. The zero-order valence-electron chi connectivity index (χ0n) is 14.4. The lowest BCUT2D eigenvalue weighted by Crippen LogP contribution is -2.25. The summed E-state index contributed by atoms with van der Waals surface area (Å²) in [5, 5.41) is 5.54. The average Bonchev–Trinajstić information content (AvgIpc) is 2.98. The van der Waals surface area contributed by atoms with E-state index in [1.165, 1.54) is 24.2 Å². The van der Waals surface area contributed by atoms with Crippen LogP contribution in [0.3, 0.4) is 0 Å². The molecular formula is C19H18ClN2O3PS. The molecule has 0 saturated carbocycles. The molecule has 0 aliphatic carbocycles. The zero-order valence-corrected chi connectivity index (χ0v) is 16.9. The number of nitrogen functional groups attached to an aromatic ring is 1. The molecule has 3 rings (SSSR count). The summed E-state index contributed by atoms with van der Waals surface area (Å²) in [5.74, 6) is -0.561. The first-order valence-electron chi connectivity index (χ1n) is 8.05. The van der Waals surface area contributed by atoms with Crippen LogP contribution in [0.25, 0.3) is 16.2 Å². The van der Waals surface area contributed by atoms with Crippen molar-refractivity contribution in [3.05, 3.63) is 70.2 Å². The fourth-order valence-corrected chi connectivity index (χ4v) is 5.28. The Bertz CT molecular complexity index is 1070. The monoisotopic (exact) mass is 420 g/mol. The Hall–Kier alpha value is -2.11. The van der Waals surface area contributed by atoms with Gasteiger partial charge in [-0.1, -0.05) is 29.8 Å². The topological polar surface area (TPSA) is 92.4 Å². The van der Waals surface area contributed by atoms with E-state index in [0.717, 1.165) is 10.3 Å². The Balaban J connectivity index is 1.91. The number of halogens is 1. The van der Waals surface area contributed by atoms with Crippen molar-refractivity contribution < 1.29 is 14.3 Å². The predicted molar refractivity (Wildman–Crippen MR) is 113 cm³/mol. The number of carbonyl (C=O) groups is 1. The molecule has 140 valence electrons. The van der Waals surface area contributed by atoms with Crippen LogP contribution < -0.4 is 11.1 Å². The maximum absolute atomic E-state index is 12.7.